The van der Waals surface area contributed by atoms with Crippen molar-refractivity contribution in [1.29, 1.82) is 0 Å². The maximum atomic E-state index is 14.3. The van der Waals surface area contributed by atoms with Crippen LogP contribution < -0.4 is 10.1 Å². The Morgan fingerprint density at radius 3 is 2.40 bits per heavy atom. The second-order valence-electron chi connectivity index (χ2n) is 9.73. The number of ether oxygens (including phenoxy) is 1. The number of halogens is 4. The number of benzene rings is 3. The molecule has 4 rings (SSSR count). The Balaban J connectivity index is 1.33. The first kappa shape index (κ1) is 31.0. The van der Waals surface area contributed by atoms with E-state index in [4.69, 9.17) is 9.15 Å². The lowest BCUT2D eigenvalue weighted by molar-refractivity contribution is -0.140. The summed E-state index contributed by atoms with van der Waals surface area (Å²) in [4.78, 5) is 28.9. The van der Waals surface area contributed by atoms with Gasteiger partial charge in [-0.3, -0.25) is 4.79 Å². The maximum Gasteiger partial charge on any atom is 0.419 e. The molecule has 0 aliphatic heterocycles. The molecule has 0 spiro atoms. The monoisotopic (exact) mass is 596 g/mol. The quantitative estimate of drug-likeness (QED) is 0.105. The molecule has 0 bridgehead atoms. The second kappa shape index (κ2) is 13.4. The number of rotatable bonds is 12. The molecule has 1 heterocycles. The van der Waals surface area contributed by atoms with Gasteiger partial charge in [-0.2, -0.15) is 13.2 Å². The number of carboxylic acids is 1. The number of nitrogens with one attached hydrogen (secondary N) is 1. The highest BCUT2D eigenvalue weighted by molar-refractivity contribution is 6.05. The van der Waals surface area contributed by atoms with Gasteiger partial charge in [0.2, 0.25) is 5.89 Å². The molecule has 0 saturated heterocycles. The summed E-state index contributed by atoms with van der Waals surface area (Å²) >= 11 is 0. The predicted octanol–water partition coefficient (Wildman–Crippen LogP) is 6.80. The first-order valence-electron chi connectivity index (χ1n) is 13.2. The SMILES string of the molecule is C/C(=C\C(=O)c1cccc(C(F)(F)F)c1F)N[C@@H](Cc1ccc(OCCc2nc(-c3ccccc3)oc2C)cc1)C(=O)O. The molecule has 11 heteroatoms. The Labute approximate surface area is 244 Å². The fourth-order valence-electron chi connectivity index (χ4n) is 4.32. The van der Waals surface area contributed by atoms with E-state index in [-0.39, 0.29) is 12.1 Å². The summed E-state index contributed by atoms with van der Waals surface area (Å²) in [5.41, 5.74) is 0.0308. The van der Waals surface area contributed by atoms with Crippen LogP contribution in [0.25, 0.3) is 11.5 Å². The van der Waals surface area contributed by atoms with Gasteiger partial charge in [-0.1, -0.05) is 36.4 Å². The summed E-state index contributed by atoms with van der Waals surface area (Å²) in [7, 11) is 0. The van der Waals surface area contributed by atoms with Crippen molar-refractivity contribution in [2.75, 3.05) is 6.61 Å². The smallest absolute Gasteiger partial charge is 0.419 e. The van der Waals surface area contributed by atoms with E-state index in [9.17, 15) is 32.3 Å². The molecule has 0 aliphatic carbocycles. The average Bonchev–Trinajstić information content (AvgIpc) is 3.33. The summed E-state index contributed by atoms with van der Waals surface area (Å²) in [5.74, 6) is -2.13. The Morgan fingerprint density at radius 1 is 1.05 bits per heavy atom. The summed E-state index contributed by atoms with van der Waals surface area (Å²) in [6, 6.07) is 17.6. The van der Waals surface area contributed by atoms with Crippen LogP contribution in [0.15, 0.2) is 89.0 Å². The summed E-state index contributed by atoms with van der Waals surface area (Å²) < 4.78 is 64.9. The van der Waals surface area contributed by atoms with Crippen molar-refractivity contribution >= 4 is 11.8 Å². The minimum Gasteiger partial charge on any atom is -0.493 e. The molecule has 0 fully saturated rings. The van der Waals surface area contributed by atoms with Crippen molar-refractivity contribution < 1.29 is 41.4 Å². The molecule has 7 nitrogen and oxygen atoms in total. The summed E-state index contributed by atoms with van der Waals surface area (Å²) in [6.07, 6.45) is -3.56. The van der Waals surface area contributed by atoms with Gasteiger partial charge in [0.25, 0.3) is 0 Å². The molecule has 1 atom stereocenters. The largest absolute Gasteiger partial charge is 0.493 e. The number of aryl methyl sites for hydroxylation is 1. The topological polar surface area (TPSA) is 102 Å². The molecule has 1 aromatic heterocycles. The van der Waals surface area contributed by atoms with Crippen molar-refractivity contribution in [3.05, 3.63) is 119 Å². The standard InChI is InChI=1S/C32H28F4N2O5/c1-19(17-28(39)24-9-6-10-25(29(24)33)32(34,35)36)37-27(31(40)41)18-21-11-13-23(14-12-21)42-16-15-26-20(2)43-30(38-26)22-7-4-3-5-8-22/h3-14,17,27,37H,15-16,18H2,1-2H3,(H,40,41)/b19-17+/t27-/m0/s1. The zero-order valence-corrected chi connectivity index (χ0v) is 23.2. The molecule has 0 aliphatic rings. The Kier molecular flexibility index (Phi) is 9.64. The number of carbonyl (C=O) groups excluding carboxylic acids is 1. The zero-order chi connectivity index (χ0) is 31.1. The minimum atomic E-state index is -4.96. The van der Waals surface area contributed by atoms with E-state index in [0.717, 1.165) is 29.5 Å². The van der Waals surface area contributed by atoms with Gasteiger partial charge in [-0.05, 0) is 55.8 Å². The highest BCUT2D eigenvalue weighted by atomic mass is 19.4. The van der Waals surface area contributed by atoms with Crippen LogP contribution in [0.3, 0.4) is 0 Å². The van der Waals surface area contributed by atoms with Crippen LogP contribution in [-0.4, -0.2) is 34.5 Å². The van der Waals surface area contributed by atoms with Crippen LogP contribution in [0.5, 0.6) is 5.75 Å². The number of ketones is 1. The van der Waals surface area contributed by atoms with Gasteiger partial charge in [-0.25, -0.2) is 14.2 Å². The molecular weight excluding hydrogens is 568 g/mol. The first-order valence-corrected chi connectivity index (χ1v) is 13.2. The van der Waals surface area contributed by atoms with Crippen molar-refractivity contribution in [1.82, 2.24) is 10.3 Å². The van der Waals surface area contributed by atoms with E-state index < -0.39 is 40.9 Å². The van der Waals surface area contributed by atoms with Gasteiger partial charge in [0.05, 0.1) is 23.4 Å². The third-order valence-corrected chi connectivity index (χ3v) is 6.50. The molecule has 224 valence electrons. The molecule has 0 amide bonds. The van der Waals surface area contributed by atoms with Gasteiger partial charge in [0.1, 0.15) is 23.4 Å². The number of alkyl halides is 3. The lowest BCUT2D eigenvalue weighted by atomic mass is 10.0. The van der Waals surface area contributed by atoms with Crippen LogP contribution in [0, 0.1) is 12.7 Å². The van der Waals surface area contributed by atoms with Crippen molar-refractivity contribution in [2.45, 2.75) is 38.9 Å². The molecule has 0 saturated carbocycles. The van der Waals surface area contributed by atoms with Gasteiger partial charge in [0.15, 0.2) is 5.78 Å². The summed E-state index contributed by atoms with van der Waals surface area (Å²) in [6.45, 7) is 3.55. The Bertz CT molecular complexity index is 1610. The Morgan fingerprint density at radius 2 is 1.74 bits per heavy atom. The lowest BCUT2D eigenvalue weighted by Crippen LogP contribution is -2.37. The Hall–Kier alpha value is -4.93. The number of nitrogens with zero attached hydrogens (tertiary/aromatic N) is 1. The fraction of sp³-hybridized carbons (Fsp3) is 0.219. The van der Waals surface area contributed by atoms with Crippen LogP contribution in [-0.2, 0) is 23.8 Å². The lowest BCUT2D eigenvalue weighted by Gasteiger charge is -2.17. The highest BCUT2D eigenvalue weighted by Gasteiger charge is 2.35. The van der Waals surface area contributed by atoms with E-state index in [1.165, 1.54) is 6.92 Å². The fourth-order valence-corrected chi connectivity index (χ4v) is 4.32. The van der Waals surface area contributed by atoms with Crippen molar-refractivity contribution in [3.63, 3.8) is 0 Å². The highest BCUT2D eigenvalue weighted by Crippen LogP contribution is 2.32. The number of allylic oxidation sites excluding steroid dienone is 2. The number of aliphatic carboxylic acids is 1. The number of hydrogen-bond acceptors (Lipinski definition) is 6. The van der Waals surface area contributed by atoms with Gasteiger partial charge in [0, 0.05) is 30.2 Å². The van der Waals surface area contributed by atoms with E-state index in [1.54, 1.807) is 24.3 Å². The molecule has 3 aromatic carbocycles. The van der Waals surface area contributed by atoms with E-state index in [1.807, 2.05) is 37.3 Å². The van der Waals surface area contributed by atoms with Crippen LogP contribution in [0.1, 0.15) is 39.9 Å². The van der Waals surface area contributed by atoms with Crippen LogP contribution in [0.4, 0.5) is 17.6 Å². The number of oxazole rings is 1. The number of aromatic nitrogens is 1. The normalized spacial score (nSPS) is 12.6. The number of carboxylic acid groups (broad SMARTS) is 1. The molecule has 0 unspecified atom stereocenters. The predicted molar refractivity (Wildman–Crippen MR) is 150 cm³/mol. The molecular formula is C32H28F4N2O5. The van der Waals surface area contributed by atoms with Crippen LogP contribution in [0.2, 0.25) is 0 Å². The third-order valence-electron chi connectivity index (χ3n) is 6.50. The average molecular weight is 597 g/mol. The zero-order valence-electron chi connectivity index (χ0n) is 23.2. The minimum absolute atomic E-state index is 0.0211. The third kappa shape index (κ3) is 8.09. The van der Waals surface area contributed by atoms with Crippen molar-refractivity contribution in [2.24, 2.45) is 0 Å². The molecule has 4 aromatic rings. The summed E-state index contributed by atoms with van der Waals surface area (Å²) in [5, 5.41) is 12.3. The molecule has 0 radical (unpaired) electrons. The van der Waals surface area contributed by atoms with E-state index in [2.05, 4.69) is 10.3 Å². The van der Waals surface area contributed by atoms with Crippen LogP contribution >= 0.6 is 0 Å². The van der Waals surface area contributed by atoms with Crippen molar-refractivity contribution in [3.8, 4) is 17.2 Å². The van der Waals surface area contributed by atoms with E-state index in [0.29, 0.717) is 42.1 Å². The second-order valence-corrected chi connectivity index (χ2v) is 9.73. The van der Waals surface area contributed by atoms with Gasteiger partial charge in [-0.15, -0.1) is 0 Å². The maximum absolute atomic E-state index is 14.3. The number of carbonyl (C=O) groups is 2. The van der Waals surface area contributed by atoms with Gasteiger partial charge < -0.3 is 19.6 Å². The first-order chi connectivity index (χ1) is 20.4. The van der Waals surface area contributed by atoms with Gasteiger partial charge >= 0.3 is 12.1 Å². The number of hydrogen-bond donors (Lipinski definition) is 2. The molecule has 43 heavy (non-hydrogen) atoms. The molecule has 2 N–H and O–H groups in total. The van der Waals surface area contributed by atoms with E-state index >= 15 is 0 Å².